The molecule has 3 rings (SSSR count). The number of rotatable bonds is 3. The third-order valence-electron chi connectivity index (χ3n) is 4.51. The zero-order valence-electron chi connectivity index (χ0n) is 14.3. The van der Waals surface area contributed by atoms with Crippen LogP contribution in [0.5, 0.6) is 5.75 Å². The number of carbonyl (C=O) groups is 2. The standard InChI is InChI=1S/C19H14F3NO4/c1-8(19(26)27)15-9(2)23(13-5-6-14(24)17(22)16(13)15)18(25)10-3-4-11(20)12(21)7-10/h3-8,24H,1-2H3,(H,26,27)/t8-/m1/s1. The van der Waals surface area contributed by atoms with E-state index in [1.165, 1.54) is 19.9 Å². The van der Waals surface area contributed by atoms with Crippen molar-refractivity contribution in [1.29, 1.82) is 0 Å². The molecule has 8 heteroatoms. The third-order valence-corrected chi connectivity index (χ3v) is 4.51. The molecule has 0 amide bonds. The summed E-state index contributed by atoms with van der Waals surface area (Å²) in [4.78, 5) is 24.3. The molecule has 0 aliphatic heterocycles. The van der Waals surface area contributed by atoms with E-state index in [9.17, 15) is 33.0 Å². The fourth-order valence-electron chi connectivity index (χ4n) is 3.15. The first kappa shape index (κ1) is 18.5. The number of phenols is 1. The van der Waals surface area contributed by atoms with Crippen molar-refractivity contribution >= 4 is 22.8 Å². The van der Waals surface area contributed by atoms with Gasteiger partial charge in [-0.1, -0.05) is 0 Å². The number of benzene rings is 2. The minimum atomic E-state index is -1.25. The molecular weight excluding hydrogens is 363 g/mol. The summed E-state index contributed by atoms with van der Waals surface area (Å²) >= 11 is 0. The summed E-state index contributed by atoms with van der Waals surface area (Å²) in [7, 11) is 0. The summed E-state index contributed by atoms with van der Waals surface area (Å²) in [6, 6.07) is 4.86. The number of hydrogen-bond donors (Lipinski definition) is 2. The average molecular weight is 377 g/mol. The van der Waals surface area contributed by atoms with Gasteiger partial charge in [0, 0.05) is 16.6 Å². The van der Waals surface area contributed by atoms with Crippen LogP contribution in [0, 0.1) is 24.4 Å². The Morgan fingerprint density at radius 2 is 1.74 bits per heavy atom. The van der Waals surface area contributed by atoms with Crippen molar-refractivity contribution in [2.45, 2.75) is 19.8 Å². The number of carboxylic acids is 1. The van der Waals surface area contributed by atoms with Crippen LogP contribution in [-0.4, -0.2) is 26.7 Å². The number of fused-ring (bicyclic) bond motifs is 1. The number of phenolic OH excluding ortho intramolecular Hbond substituents is 1. The van der Waals surface area contributed by atoms with Gasteiger partial charge in [-0.15, -0.1) is 0 Å². The van der Waals surface area contributed by atoms with Gasteiger partial charge in [-0.2, -0.15) is 0 Å². The van der Waals surface area contributed by atoms with Crippen molar-refractivity contribution in [1.82, 2.24) is 4.57 Å². The Morgan fingerprint density at radius 3 is 2.33 bits per heavy atom. The van der Waals surface area contributed by atoms with Gasteiger partial charge >= 0.3 is 5.97 Å². The molecule has 0 aliphatic rings. The Bertz CT molecular complexity index is 1100. The van der Waals surface area contributed by atoms with E-state index in [1.54, 1.807) is 0 Å². The van der Waals surface area contributed by atoms with E-state index in [4.69, 9.17) is 0 Å². The lowest BCUT2D eigenvalue weighted by Crippen LogP contribution is -2.15. The molecule has 5 nitrogen and oxygen atoms in total. The van der Waals surface area contributed by atoms with E-state index in [-0.39, 0.29) is 27.7 Å². The topological polar surface area (TPSA) is 79.5 Å². The summed E-state index contributed by atoms with van der Waals surface area (Å²) in [5.74, 6) is -7.32. The second-order valence-corrected chi connectivity index (χ2v) is 6.12. The molecule has 0 bridgehead atoms. The van der Waals surface area contributed by atoms with Gasteiger partial charge in [-0.05, 0) is 49.7 Å². The van der Waals surface area contributed by atoms with Crippen molar-refractivity contribution in [2.75, 3.05) is 0 Å². The second-order valence-electron chi connectivity index (χ2n) is 6.12. The van der Waals surface area contributed by atoms with E-state index in [2.05, 4.69) is 0 Å². The smallest absolute Gasteiger partial charge is 0.310 e. The molecule has 0 unspecified atom stereocenters. The van der Waals surface area contributed by atoms with Crippen LogP contribution in [0.3, 0.4) is 0 Å². The minimum absolute atomic E-state index is 0.0145. The highest BCUT2D eigenvalue weighted by atomic mass is 19.2. The second kappa shape index (κ2) is 6.46. The van der Waals surface area contributed by atoms with Crippen LogP contribution in [0.15, 0.2) is 30.3 Å². The average Bonchev–Trinajstić information content (AvgIpc) is 2.91. The summed E-state index contributed by atoms with van der Waals surface area (Å²) < 4.78 is 42.3. The molecule has 1 heterocycles. The third kappa shape index (κ3) is 2.83. The Balaban J connectivity index is 2.35. The van der Waals surface area contributed by atoms with Gasteiger partial charge in [-0.3, -0.25) is 14.2 Å². The van der Waals surface area contributed by atoms with Crippen molar-refractivity contribution in [3.05, 3.63) is 64.6 Å². The molecule has 0 fully saturated rings. The summed E-state index contributed by atoms with van der Waals surface area (Å²) in [6.45, 7) is 2.74. The zero-order chi connectivity index (χ0) is 20.0. The molecule has 140 valence electrons. The Kier molecular flexibility index (Phi) is 4.43. The molecule has 27 heavy (non-hydrogen) atoms. The molecule has 0 saturated carbocycles. The lowest BCUT2D eigenvalue weighted by atomic mass is 9.97. The number of aromatic hydroxyl groups is 1. The molecule has 0 spiro atoms. The van der Waals surface area contributed by atoms with Gasteiger partial charge in [0.15, 0.2) is 23.2 Å². The van der Waals surface area contributed by atoms with E-state index in [0.29, 0.717) is 6.07 Å². The predicted octanol–water partition coefficient (Wildman–Crippen LogP) is 3.95. The van der Waals surface area contributed by atoms with Gasteiger partial charge in [0.2, 0.25) is 0 Å². The lowest BCUT2D eigenvalue weighted by Gasteiger charge is -2.09. The van der Waals surface area contributed by atoms with Crippen LogP contribution >= 0.6 is 0 Å². The SMILES string of the molecule is Cc1c([C@@H](C)C(=O)O)c2c(F)c(O)ccc2n1C(=O)c1ccc(F)c(F)c1. The number of aliphatic carboxylic acids is 1. The normalized spacial score (nSPS) is 12.3. The molecule has 0 radical (unpaired) electrons. The maximum Gasteiger partial charge on any atom is 0.310 e. The zero-order valence-corrected chi connectivity index (χ0v) is 14.3. The lowest BCUT2D eigenvalue weighted by molar-refractivity contribution is -0.138. The van der Waals surface area contributed by atoms with Gasteiger partial charge < -0.3 is 10.2 Å². The van der Waals surface area contributed by atoms with E-state index < -0.39 is 41.0 Å². The highest BCUT2D eigenvalue weighted by Gasteiger charge is 2.29. The van der Waals surface area contributed by atoms with Crippen LogP contribution < -0.4 is 0 Å². The molecule has 1 atom stereocenters. The van der Waals surface area contributed by atoms with Gasteiger partial charge in [0.1, 0.15) is 0 Å². The Labute approximate surface area is 151 Å². The van der Waals surface area contributed by atoms with Crippen LogP contribution in [-0.2, 0) is 4.79 Å². The number of hydrogen-bond acceptors (Lipinski definition) is 3. The van der Waals surface area contributed by atoms with Crippen molar-refractivity contribution in [2.24, 2.45) is 0 Å². The Hall–Kier alpha value is -3.29. The molecular formula is C19H14F3NO4. The maximum absolute atomic E-state index is 14.6. The van der Waals surface area contributed by atoms with Gasteiger partial charge in [-0.25, -0.2) is 13.2 Å². The maximum atomic E-state index is 14.6. The summed E-state index contributed by atoms with van der Waals surface area (Å²) in [6.07, 6.45) is 0. The first-order chi connectivity index (χ1) is 12.6. The van der Waals surface area contributed by atoms with Gasteiger partial charge in [0.05, 0.1) is 11.4 Å². The first-order valence-electron chi connectivity index (χ1n) is 7.90. The summed E-state index contributed by atoms with van der Waals surface area (Å²) in [5, 5.41) is 18.8. The van der Waals surface area contributed by atoms with Crippen molar-refractivity contribution in [3.63, 3.8) is 0 Å². The van der Waals surface area contributed by atoms with Crippen molar-refractivity contribution < 1.29 is 33.0 Å². The van der Waals surface area contributed by atoms with Crippen molar-refractivity contribution in [3.8, 4) is 5.75 Å². The Morgan fingerprint density at radius 1 is 1.07 bits per heavy atom. The monoisotopic (exact) mass is 377 g/mol. The first-order valence-corrected chi connectivity index (χ1v) is 7.90. The summed E-state index contributed by atoms with van der Waals surface area (Å²) in [5.41, 5.74) is -0.0430. The minimum Gasteiger partial charge on any atom is -0.505 e. The molecule has 3 aromatic rings. The highest BCUT2D eigenvalue weighted by Crippen LogP contribution is 2.37. The van der Waals surface area contributed by atoms with Crippen LogP contribution in [0.2, 0.25) is 0 Å². The highest BCUT2D eigenvalue weighted by molar-refractivity contribution is 6.05. The number of carbonyl (C=O) groups excluding carboxylic acids is 1. The van der Waals surface area contributed by atoms with E-state index in [0.717, 1.165) is 22.8 Å². The molecule has 0 saturated heterocycles. The van der Waals surface area contributed by atoms with Gasteiger partial charge in [0.25, 0.3) is 5.91 Å². The largest absolute Gasteiger partial charge is 0.505 e. The van der Waals surface area contributed by atoms with Crippen LogP contribution in [0.25, 0.3) is 10.9 Å². The van der Waals surface area contributed by atoms with Crippen LogP contribution in [0.1, 0.15) is 34.5 Å². The van der Waals surface area contributed by atoms with Crippen LogP contribution in [0.4, 0.5) is 13.2 Å². The number of halogens is 3. The molecule has 2 N–H and O–H groups in total. The van der Waals surface area contributed by atoms with E-state index >= 15 is 0 Å². The number of aromatic nitrogens is 1. The molecule has 0 aliphatic carbocycles. The quantitative estimate of drug-likeness (QED) is 0.724. The number of carboxylic acid groups (broad SMARTS) is 1. The number of nitrogens with zero attached hydrogens (tertiary/aromatic N) is 1. The predicted molar refractivity (Wildman–Crippen MR) is 90.4 cm³/mol. The fourth-order valence-corrected chi connectivity index (χ4v) is 3.15. The molecule has 2 aromatic carbocycles. The molecule has 1 aromatic heterocycles. The van der Waals surface area contributed by atoms with E-state index in [1.807, 2.05) is 0 Å². The fraction of sp³-hybridized carbons (Fsp3) is 0.158.